The van der Waals surface area contributed by atoms with E-state index in [1.807, 2.05) is 54.2 Å². The highest BCUT2D eigenvalue weighted by molar-refractivity contribution is 5.94. The Morgan fingerprint density at radius 3 is 2.70 bits per heavy atom. The normalized spacial score (nSPS) is 16.5. The van der Waals surface area contributed by atoms with Crippen molar-refractivity contribution in [2.45, 2.75) is 38.5 Å². The van der Waals surface area contributed by atoms with E-state index in [0.717, 1.165) is 49.6 Å². The molecule has 0 aliphatic carbocycles. The summed E-state index contributed by atoms with van der Waals surface area (Å²) in [6.07, 6.45) is 4.93. The van der Waals surface area contributed by atoms with Crippen molar-refractivity contribution in [1.29, 1.82) is 0 Å². The first kappa shape index (κ1) is 20.3. The van der Waals surface area contributed by atoms with E-state index >= 15 is 0 Å². The fourth-order valence-corrected chi connectivity index (χ4v) is 4.03. The Balaban J connectivity index is 1.37. The third-order valence-electron chi connectivity index (χ3n) is 5.55. The summed E-state index contributed by atoms with van der Waals surface area (Å²) in [4.78, 5) is 22.8. The van der Waals surface area contributed by atoms with Gasteiger partial charge in [-0.3, -0.25) is 9.69 Å². The number of anilines is 1. The van der Waals surface area contributed by atoms with Gasteiger partial charge in [0.25, 0.3) is 5.91 Å². The first-order chi connectivity index (χ1) is 14.6. The van der Waals surface area contributed by atoms with Crippen LogP contribution in [0.3, 0.4) is 0 Å². The number of nitrogens with one attached hydrogen (secondary N) is 2. The highest BCUT2D eigenvalue weighted by Gasteiger charge is 2.25. The van der Waals surface area contributed by atoms with Crippen LogP contribution in [0, 0.1) is 6.92 Å². The van der Waals surface area contributed by atoms with Crippen molar-refractivity contribution < 1.29 is 9.53 Å². The number of rotatable bonds is 7. The van der Waals surface area contributed by atoms with E-state index in [2.05, 4.69) is 25.3 Å². The second kappa shape index (κ2) is 9.23. The Hall–Kier alpha value is -2.97. The minimum Gasteiger partial charge on any atom is -0.367 e. The molecule has 8 heteroatoms. The van der Waals surface area contributed by atoms with Crippen molar-refractivity contribution in [3.05, 3.63) is 65.9 Å². The lowest BCUT2D eigenvalue weighted by atomic mass is 10.1. The van der Waals surface area contributed by atoms with E-state index in [1.54, 1.807) is 13.3 Å². The lowest BCUT2D eigenvalue weighted by Crippen LogP contribution is -2.35. The fourth-order valence-electron chi connectivity index (χ4n) is 4.03. The van der Waals surface area contributed by atoms with Crippen molar-refractivity contribution in [2.75, 3.05) is 25.5 Å². The van der Waals surface area contributed by atoms with E-state index in [-0.39, 0.29) is 11.9 Å². The summed E-state index contributed by atoms with van der Waals surface area (Å²) in [7, 11) is 1.55. The summed E-state index contributed by atoms with van der Waals surface area (Å²) in [6, 6.07) is 11.6. The van der Waals surface area contributed by atoms with Crippen LogP contribution in [0.2, 0.25) is 0 Å². The molecule has 0 spiro atoms. The van der Waals surface area contributed by atoms with E-state index in [4.69, 9.17) is 4.74 Å². The third-order valence-corrected chi connectivity index (χ3v) is 5.55. The predicted octanol–water partition coefficient (Wildman–Crippen LogP) is 3.08. The van der Waals surface area contributed by atoms with Crippen molar-refractivity contribution in [1.82, 2.24) is 24.6 Å². The zero-order valence-corrected chi connectivity index (χ0v) is 17.4. The van der Waals surface area contributed by atoms with Gasteiger partial charge in [-0.05, 0) is 25.3 Å². The smallest absolute Gasteiger partial charge is 0.259 e. The summed E-state index contributed by atoms with van der Waals surface area (Å²) in [5, 5.41) is 7.49. The van der Waals surface area contributed by atoms with Gasteiger partial charge in [0.15, 0.2) is 6.10 Å². The van der Waals surface area contributed by atoms with Crippen LogP contribution in [0.5, 0.6) is 0 Å². The Morgan fingerprint density at radius 2 is 2.03 bits per heavy atom. The zero-order chi connectivity index (χ0) is 20.9. The number of likely N-dealkylation sites (tertiary alicyclic amines) is 1. The second-order valence-electron chi connectivity index (χ2n) is 7.68. The van der Waals surface area contributed by atoms with Crippen LogP contribution in [0.25, 0.3) is 0 Å². The highest BCUT2D eigenvalue weighted by atomic mass is 16.5. The van der Waals surface area contributed by atoms with E-state index in [0.29, 0.717) is 5.82 Å². The number of aryl methyl sites for hydroxylation is 1. The molecule has 1 saturated heterocycles. The Kier molecular flexibility index (Phi) is 6.25. The van der Waals surface area contributed by atoms with Crippen molar-refractivity contribution in [3.8, 4) is 0 Å². The number of hydrogen-bond donors (Lipinski definition) is 2. The van der Waals surface area contributed by atoms with Gasteiger partial charge in [0.2, 0.25) is 0 Å². The minimum atomic E-state index is -0.658. The fraction of sp³-hybridized carbons (Fsp3) is 0.409. The molecule has 2 N–H and O–H groups in total. The second-order valence-corrected chi connectivity index (χ2v) is 7.68. The van der Waals surface area contributed by atoms with Gasteiger partial charge in [-0.25, -0.2) is 9.67 Å². The van der Waals surface area contributed by atoms with Crippen LogP contribution in [0.4, 0.5) is 5.82 Å². The Morgan fingerprint density at radius 1 is 1.27 bits per heavy atom. The molecular weight excluding hydrogens is 380 g/mol. The van der Waals surface area contributed by atoms with Gasteiger partial charge >= 0.3 is 0 Å². The summed E-state index contributed by atoms with van der Waals surface area (Å²) in [6.45, 7) is 4.79. The molecular formula is C22H28N6O2. The lowest BCUT2D eigenvalue weighted by molar-refractivity contribution is -0.126. The van der Waals surface area contributed by atoms with E-state index in [9.17, 15) is 4.79 Å². The quantitative estimate of drug-likeness (QED) is 0.627. The van der Waals surface area contributed by atoms with Crippen LogP contribution in [0.15, 0.2) is 48.8 Å². The van der Waals surface area contributed by atoms with Crippen LogP contribution in [-0.2, 0) is 16.1 Å². The molecule has 0 radical (unpaired) electrons. The van der Waals surface area contributed by atoms with Crippen LogP contribution < -0.4 is 5.32 Å². The largest absolute Gasteiger partial charge is 0.367 e. The number of imidazole rings is 1. The SMILES string of the molecule is CO[C@@H](C(=O)Nc1ccnn1C1CCN(Cc2cnc(C)[nH]2)CC1)c1ccccc1. The van der Waals surface area contributed by atoms with Crippen LogP contribution in [0.1, 0.15) is 42.1 Å². The molecule has 1 aliphatic rings. The standard InChI is InChI=1S/C22H28N6O2/c1-16-23-14-18(25-16)15-27-12-9-19(10-13-27)28-20(8-11-24-28)26-22(29)21(30-2)17-6-4-3-5-7-17/h3-8,11,14,19,21H,9-10,12-13,15H2,1-2H3,(H,23,25)(H,26,29)/t21-/m1/s1. The number of piperidine rings is 1. The molecule has 3 heterocycles. The monoisotopic (exact) mass is 408 g/mol. The number of carbonyl (C=O) groups excluding carboxylic acids is 1. The molecule has 1 amide bonds. The first-order valence-corrected chi connectivity index (χ1v) is 10.3. The van der Waals surface area contributed by atoms with Crippen LogP contribution in [-0.4, -0.2) is 50.8 Å². The molecule has 158 valence electrons. The maximum absolute atomic E-state index is 12.8. The highest BCUT2D eigenvalue weighted by Crippen LogP contribution is 2.27. The molecule has 2 aromatic heterocycles. The van der Waals surface area contributed by atoms with Gasteiger partial charge in [0.05, 0.1) is 12.2 Å². The number of benzene rings is 1. The lowest BCUT2D eigenvalue weighted by Gasteiger charge is -2.32. The van der Waals surface area contributed by atoms with Crippen molar-refractivity contribution in [3.63, 3.8) is 0 Å². The number of hydrogen-bond acceptors (Lipinski definition) is 5. The molecule has 8 nitrogen and oxygen atoms in total. The summed E-state index contributed by atoms with van der Waals surface area (Å²) >= 11 is 0. The Bertz CT molecular complexity index is 959. The molecule has 30 heavy (non-hydrogen) atoms. The molecule has 0 saturated carbocycles. The van der Waals surface area contributed by atoms with E-state index < -0.39 is 6.10 Å². The molecule has 3 aromatic rings. The van der Waals surface area contributed by atoms with Gasteiger partial charge in [-0.2, -0.15) is 5.10 Å². The summed E-state index contributed by atoms with van der Waals surface area (Å²) < 4.78 is 7.39. The van der Waals surface area contributed by atoms with Gasteiger partial charge < -0.3 is 15.0 Å². The minimum absolute atomic E-state index is 0.197. The number of H-pyrrole nitrogens is 1. The number of carbonyl (C=O) groups is 1. The summed E-state index contributed by atoms with van der Waals surface area (Å²) in [5.41, 5.74) is 1.97. The van der Waals surface area contributed by atoms with Crippen molar-refractivity contribution in [2.24, 2.45) is 0 Å². The average molecular weight is 409 g/mol. The maximum atomic E-state index is 12.8. The molecule has 0 unspecified atom stereocenters. The van der Waals surface area contributed by atoms with Crippen LogP contribution >= 0.6 is 0 Å². The van der Waals surface area contributed by atoms with E-state index in [1.165, 1.54) is 0 Å². The molecule has 1 aliphatic heterocycles. The number of aromatic amines is 1. The summed E-state index contributed by atoms with van der Waals surface area (Å²) in [5.74, 6) is 1.46. The molecule has 1 atom stereocenters. The molecule has 1 fully saturated rings. The van der Waals surface area contributed by atoms with Gasteiger partial charge in [-0.1, -0.05) is 30.3 Å². The predicted molar refractivity (Wildman–Crippen MR) is 114 cm³/mol. The molecule has 4 rings (SSSR count). The number of aromatic nitrogens is 4. The third kappa shape index (κ3) is 4.60. The van der Waals surface area contributed by atoms with Crippen molar-refractivity contribution >= 4 is 11.7 Å². The van der Waals surface area contributed by atoms with Gasteiger partial charge in [-0.15, -0.1) is 0 Å². The molecule has 0 bridgehead atoms. The maximum Gasteiger partial charge on any atom is 0.259 e. The number of methoxy groups -OCH3 is 1. The Labute approximate surface area is 176 Å². The van der Waals surface area contributed by atoms with Gasteiger partial charge in [0, 0.05) is 44.7 Å². The number of nitrogens with zero attached hydrogens (tertiary/aromatic N) is 4. The number of ether oxygens (including phenoxy) is 1. The van der Waals surface area contributed by atoms with Gasteiger partial charge in [0.1, 0.15) is 11.6 Å². The topological polar surface area (TPSA) is 88.1 Å². The first-order valence-electron chi connectivity index (χ1n) is 10.3. The average Bonchev–Trinajstić information content (AvgIpc) is 3.39. The molecule has 1 aromatic carbocycles. The zero-order valence-electron chi connectivity index (χ0n) is 17.4. The number of amides is 1.